The second kappa shape index (κ2) is 4.61. The van der Waals surface area contributed by atoms with Crippen molar-refractivity contribution in [3.63, 3.8) is 0 Å². The van der Waals surface area contributed by atoms with Gasteiger partial charge in [-0.1, -0.05) is 22.4 Å². The Hall–Kier alpha value is 0.630. The average molecular weight is 239 g/mol. The van der Waals surface area contributed by atoms with E-state index in [0.29, 0.717) is 4.83 Å². The molecule has 0 heterocycles. The van der Waals surface area contributed by atoms with E-state index in [9.17, 15) is 4.21 Å². The van der Waals surface area contributed by atoms with Gasteiger partial charge in [0.15, 0.2) is 0 Å². The van der Waals surface area contributed by atoms with E-state index in [0.717, 1.165) is 18.1 Å². The maximum atomic E-state index is 10.8. The van der Waals surface area contributed by atoms with Crippen LogP contribution in [-0.2, 0) is 10.8 Å². The van der Waals surface area contributed by atoms with Gasteiger partial charge < -0.3 is 0 Å². The lowest BCUT2D eigenvalue weighted by molar-refractivity contribution is 0.547. The monoisotopic (exact) mass is 238 g/mol. The zero-order chi connectivity index (χ0) is 8.27. The van der Waals surface area contributed by atoms with Crippen LogP contribution in [0.15, 0.2) is 0 Å². The second-order valence-corrected chi connectivity index (χ2v) is 6.00. The van der Waals surface area contributed by atoms with Crippen LogP contribution in [0.2, 0.25) is 0 Å². The van der Waals surface area contributed by atoms with Crippen molar-refractivity contribution in [1.82, 2.24) is 0 Å². The van der Waals surface area contributed by atoms with Crippen molar-refractivity contribution < 1.29 is 4.21 Å². The van der Waals surface area contributed by atoms with Crippen molar-refractivity contribution in [2.24, 2.45) is 5.92 Å². The molecule has 0 aromatic carbocycles. The van der Waals surface area contributed by atoms with Crippen molar-refractivity contribution in [1.29, 1.82) is 0 Å². The summed E-state index contributed by atoms with van der Waals surface area (Å²) in [6.07, 6.45) is 6.91. The summed E-state index contributed by atoms with van der Waals surface area (Å²) < 4.78 is 10.8. The molecule has 1 saturated carbocycles. The highest BCUT2D eigenvalue weighted by Crippen LogP contribution is 2.33. The molecule has 0 spiro atoms. The van der Waals surface area contributed by atoms with E-state index in [1.807, 2.05) is 0 Å². The normalized spacial score (nSPS) is 34.0. The summed E-state index contributed by atoms with van der Waals surface area (Å²) in [5.74, 6) is 1.67. The number of hydrogen-bond acceptors (Lipinski definition) is 1. The Morgan fingerprint density at radius 1 is 1.55 bits per heavy atom. The van der Waals surface area contributed by atoms with Crippen molar-refractivity contribution in [3.05, 3.63) is 0 Å². The number of alkyl halides is 1. The molecule has 1 aliphatic carbocycles. The van der Waals surface area contributed by atoms with Gasteiger partial charge in [-0.15, -0.1) is 0 Å². The van der Waals surface area contributed by atoms with Crippen LogP contribution in [0.3, 0.4) is 0 Å². The molecule has 1 nitrogen and oxygen atoms in total. The summed E-state index contributed by atoms with van der Waals surface area (Å²) in [6.45, 7) is 0. The van der Waals surface area contributed by atoms with E-state index >= 15 is 0 Å². The molecule has 1 rings (SSSR count). The first kappa shape index (κ1) is 9.72. The standard InChI is InChI=1S/C8H15BrOS/c1-11(10)6-5-7-3-2-4-8(7)9/h7-8H,2-6H2,1H3. The Morgan fingerprint density at radius 3 is 2.73 bits per heavy atom. The minimum Gasteiger partial charge on any atom is -0.260 e. The molecule has 3 atom stereocenters. The number of halogens is 1. The average Bonchev–Trinajstić information content (AvgIpc) is 2.31. The second-order valence-electron chi connectivity index (χ2n) is 3.27. The quantitative estimate of drug-likeness (QED) is 0.691. The third kappa shape index (κ3) is 3.24. The van der Waals surface area contributed by atoms with E-state index in [2.05, 4.69) is 15.9 Å². The summed E-state index contributed by atoms with van der Waals surface area (Å²) in [5.41, 5.74) is 0. The zero-order valence-corrected chi connectivity index (χ0v) is 9.29. The molecule has 0 amide bonds. The lowest BCUT2D eigenvalue weighted by Crippen LogP contribution is -2.10. The van der Waals surface area contributed by atoms with Crippen LogP contribution in [0.1, 0.15) is 25.7 Å². The Morgan fingerprint density at radius 2 is 2.27 bits per heavy atom. The van der Waals surface area contributed by atoms with Gasteiger partial charge in [0, 0.05) is 27.6 Å². The summed E-state index contributed by atoms with van der Waals surface area (Å²) in [4.78, 5) is 0.700. The van der Waals surface area contributed by atoms with Crippen LogP contribution in [0.5, 0.6) is 0 Å². The minimum atomic E-state index is -0.597. The third-order valence-corrected chi connectivity index (χ3v) is 4.36. The summed E-state index contributed by atoms with van der Waals surface area (Å²) in [7, 11) is -0.597. The molecule has 0 aromatic heterocycles. The lowest BCUT2D eigenvalue weighted by atomic mass is 10.1. The predicted molar refractivity (Wildman–Crippen MR) is 53.6 cm³/mol. The highest BCUT2D eigenvalue weighted by atomic mass is 79.9. The first-order valence-corrected chi connectivity index (χ1v) is 6.78. The minimum absolute atomic E-state index is 0.597. The topological polar surface area (TPSA) is 17.1 Å². The SMILES string of the molecule is CS(=O)CCC1CCCC1Br. The molecule has 0 aromatic rings. The maximum Gasteiger partial charge on any atom is 0.0235 e. The van der Waals surface area contributed by atoms with Gasteiger partial charge >= 0.3 is 0 Å². The molecule has 3 heteroatoms. The van der Waals surface area contributed by atoms with Gasteiger partial charge in [-0.3, -0.25) is 4.21 Å². The molecule has 0 radical (unpaired) electrons. The number of rotatable bonds is 3. The lowest BCUT2D eigenvalue weighted by Gasteiger charge is -2.11. The fraction of sp³-hybridized carbons (Fsp3) is 1.00. The van der Waals surface area contributed by atoms with E-state index in [1.165, 1.54) is 19.3 Å². The molecule has 1 aliphatic rings. The van der Waals surface area contributed by atoms with Crippen LogP contribution in [0.25, 0.3) is 0 Å². The van der Waals surface area contributed by atoms with Crippen LogP contribution < -0.4 is 0 Å². The fourth-order valence-corrected chi connectivity index (χ4v) is 3.12. The predicted octanol–water partition coefficient (Wildman–Crippen LogP) is 2.32. The van der Waals surface area contributed by atoms with Gasteiger partial charge in [-0.05, 0) is 25.2 Å². The molecule has 0 saturated heterocycles. The van der Waals surface area contributed by atoms with Gasteiger partial charge in [0.2, 0.25) is 0 Å². The largest absolute Gasteiger partial charge is 0.260 e. The van der Waals surface area contributed by atoms with Crippen LogP contribution in [0.4, 0.5) is 0 Å². The number of hydrogen-bond donors (Lipinski definition) is 0. The van der Waals surface area contributed by atoms with Crippen molar-refractivity contribution in [2.45, 2.75) is 30.5 Å². The van der Waals surface area contributed by atoms with E-state index in [-0.39, 0.29) is 0 Å². The van der Waals surface area contributed by atoms with E-state index in [1.54, 1.807) is 6.26 Å². The summed E-state index contributed by atoms with van der Waals surface area (Å²) in [6, 6.07) is 0. The van der Waals surface area contributed by atoms with Crippen molar-refractivity contribution in [2.75, 3.05) is 12.0 Å². The Kier molecular flexibility index (Phi) is 4.07. The van der Waals surface area contributed by atoms with Crippen LogP contribution in [-0.4, -0.2) is 21.0 Å². The summed E-state index contributed by atoms with van der Waals surface area (Å²) >= 11 is 3.66. The molecular weight excluding hydrogens is 224 g/mol. The zero-order valence-electron chi connectivity index (χ0n) is 6.88. The van der Waals surface area contributed by atoms with Gasteiger partial charge in [0.25, 0.3) is 0 Å². The smallest absolute Gasteiger partial charge is 0.0235 e. The van der Waals surface area contributed by atoms with Gasteiger partial charge in [0.1, 0.15) is 0 Å². The molecule has 11 heavy (non-hydrogen) atoms. The highest BCUT2D eigenvalue weighted by molar-refractivity contribution is 9.09. The molecule has 1 fully saturated rings. The fourth-order valence-electron chi connectivity index (χ4n) is 1.63. The highest BCUT2D eigenvalue weighted by Gasteiger charge is 2.24. The van der Waals surface area contributed by atoms with Gasteiger partial charge in [0.05, 0.1) is 0 Å². The molecule has 3 unspecified atom stereocenters. The van der Waals surface area contributed by atoms with E-state index < -0.39 is 10.8 Å². The first-order valence-electron chi connectivity index (χ1n) is 4.14. The van der Waals surface area contributed by atoms with Crippen molar-refractivity contribution in [3.8, 4) is 0 Å². The van der Waals surface area contributed by atoms with Crippen LogP contribution in [0, 0.1) is 5.92 Å². The van der Waals surface area contributed by atoms with Gasteiger partial charge in [-0.25, -0.2) is 0 Å². The molecule has 66 valence electrons. The Labute approximate surface area is 79.5 Å². The molecular formula is C8H15BrOS. The molecule has 0 N–H and O–H groups in total. The van der Waals surface area contributed by atoms with E-state index in [4.69, 9.17) is 0 Å². The first-order chi connectivity index (χ1) is 5.20. The van der Waals surface area contributed by atoms with Crippen LogP contribution >= 0.6 is 15.9 Å². The van der Waals surface area contributed by atoms with Crippen molar-refractivity contribution >= 4 is 26.7 Å². The maximum absolute atomic E-state index is 10.8. The summed E-state index contributed by atoms with van der Waals surface area (Å²) in [5, 5.41) is 0. The third-order valence-electron chi connectivity index (χ3n) is 2.34. The molecule has 0 bridgehead atoms. The Balaban J connectivity index is 2.20. The Bertz CT molecular complexity index is 149. The molecule has 0 aliphatic heterocycles. The van der Waals surface area contributed by atoms with Gasteiger partial charge in [-0.2, -0.15) is 0 Å².